The second-order valence-corrected chi connectivity index (χ2v) is 5.14. The molecule has 2 rings (SSSR count). The number of rotatable bonds is 3. The van der Waals surface area contributed by atoms with Gasteiger partial charge in [-0.2, -0.15) is 26.3 Å². The molecule has 0 aromatic heterocycles. The van der Waals surface area contributed by atoms with Crippen molar-refractivity contribution < 1.29 is 26.3 Å². The average molecular weight is 312 g/mol. The van der Waals surface area contributed by atoms with Crippen LogP contribution in [0.25, 0.3) is 0 Å². The van der Waals surface area contributed by atoms with Gasteiger partial charge >= 0.3 is 12.4 Å². The Morgan fingerprint density at radius 3 is 1.81 bits per heavy atom. The maximum Gasteiger partial charge on any atom is 0.416 e. The Hall–Kier alpha value is -1.28. The van der Waals surface area contributed by atoms with Crippen LogP contribution >= 0.6 is 0 Å². The van der Waals surface area contributed by atoms with Gasteiger partial charge in [-0.15, -0.1) is 0 Å². The lowest BCUT2D eigenvalue weighted by Gasteiger charge is -2.35. The number of benzene rings is 1. The highest BCUT2D eigenvalue weighted by molar-refractivity contribution is 5.33. The normalized spacial score (nSPS) is 17.1. The highest BCUT2D eigenvalue weighted by atomic mass is 19.4. The van der Waals surface area contributed by atoms with Crippen molar-refractivity contribution in [2.24, 2.45) is 0 Å². The summed E-state index contributed by atoms with van der Waals surface area (Å²) < 4.78 is 76.3. The van der Waals surface area contributed by atoms with Gasteiger partial charge in [-0.3, -0.25) is 4.90 Å². The second kappa shape index (κ2) is 5.49. The first-order valence-corrected chi connectivity index (χ1v) is 6.26. The van der Waals surface area contributed by atoms with Crippen molar-refractivity contribution in [1.29, 1.82) is 0 Å². The van der Waals surface area contributed by atoms with E-state index in [2.05, 4.69) is 5.32 Å². The summed E-state index contributed by atoms with van der Waals surface area (Å²) in [5, 5.41) is 3.00. The van der Waals surface area contributed by atoms with E-state index in [1.807, 2.05) is 0 Å². The number of halogens is 6. The summed E-state index contributed by atoms with van der Waals surface area (Å²) in [4.78, 5) is 1.74. The summed E-state index contributed by atoms with van der Waals surface area (Å²) in [7, 11) is 1.68. The zero-order chi connectivity index (χ0) is 15.8. The van der Waals surface area contributed by atoms with E-state index < -0.39 is 23.5 Å². The van der Waals surface area contributed by atoms with Crippen LogP contribution in [0.4, 0.5) is 26.3 Å². The average Bonchev–Trinajstić information content (AvgIpc) is 2.23. The highest BCUT2D eigenvalue weighted by Gasteiger charge is 2.37. The summed E-state index contributed by atoms with van der Waals surface area (Å²) in [6.07, 6.45) is -9.60. The molecule has 118 valence electrons. The smallest absolute Gasteiger partial charge is 0.314 e. The number of likely N-dealkylation sites (N-methyl/N-ethyl adjacent to an activating group) is 1. The van der Waals surface area contributed by atoms with Crippen LogP contribution < -0.4 is 5.32 Å². The van der Waals surface area contributed by atoms with Crippen LogP contribution in [-0.4, -0.2) is 31.1 Å². The Morgan fingerprint density at radius 2 is 1.48 bits per heavy atom. The van der Waals surface area contributed by atoms with Crippen LogP contribution in [0.3, 0.4) is 0 Å². The van der Waals surface area contributed by atoms with Crippen molar-refractivity contribution >= 4 is 0 Å². The molecular formula is C13H14F6N2. The van der Waals surface area contributed by atoms with Gasteiger partial charge in [0.05, 0.1) is 11.1 Å². The lowest BCUT2D eigenvalue weighted by atomic mass is 10.0. The molecule has 0 unspecified atom stereocenters. The zero-order valence-electron chi connectivity index (χ0n) is 11.1. The molecule has 1 fully saturated rings. The Labute approximate surface area is 117 Å². The van der Waals surface area contributed by atoms with Crippen LogP contribution in [0.2, 0.25) is 0 Å². The number of alkyl halides is 6. The van der Waals surface area contributed by atoms with Gasteiger partial charge in [0.25, 0.3) is 0 Å². The van der Waals surface area contributed by atoms with Crippen LogP contribution in [-0.2, 0) is 18.9 Å². The van der Waals surface area contributed by atoms with Crippen molar-refractivity contribution in [2.45, 2.75) is 24.9 Å². The fourth-order valence-corrected chi connectivity index (χ4v) is 2.11. The molecule has 1 aromatic carbocycles. The fraction of sp³-hybridized carbons (Fsp3) is 0.538. The monoisotopic (exact) mass is 312 g/mol. The van der Waals surface area contributed by atoms with E-state index in [9.17, 15) is 26.3 Å². The third-order valence-electron chi connectivity index (χ3n) is 3.46. The quantitative estimate of drug-likeness (QED) is 0.863. The Morgan fingerprint density at radius 1 is 1.00 bits per heavy atom. The van der Waals surface area contributed by atoms with Gasteiger partial charge in [0.2, 0.25) is 0 Å². The minimum atomic E-state index is -4.80. The van der Waals surface area contributed by atoms with E-state index in [1.54, 1.807) is 11.9 Å². The van der Waals surface area contributed by atoms with Crippen LogP contribution in [0.1, 0.15) is 16.7 Å². The number of nitrogens with one attached hydrogen (secondary N) is 1. The Balaban J connectivity index is 2.30. The molecule has 0 radical (unpaired) electrons. The minimum absolute atomic E-state index is 0.00606. The Kier molecular flexibility index (Phi) is 4.21. The molecule has 1 saturated heterocycles. The van der Waals surface area contributed by atoms with E-state index >= 15 is 0 Å². The fourth-order valence-electron chi connectivity index (χ4n) is 2.11. The standard InChI is InChI=1S/C13H14F6N2/c1-21(11-5-20-6-11)7-8-2-9(12(14,15)16)4-10(3-8)13(17,18)19/h2-4,11,20H,5-7H2,1H3. The highest BCUT2D eigenvalue weighted by Crippen LogP contribution is 2.36. The van der Waals surface area contributed by atoms with Gasteiger partial charge in [0.15, 0.2) is 0 Å². The molecule has 8 heteroatoms. The van der Waals surface area contributed by atoms with Gasteiger partial charge < -0.3 is 5.32 Å². The summed E-state index contributed by atoms with van der Waals surface area (Å²) in [6, 6.07) is 1.83. The molecule has 1 aliphatic heterocycles. The van der Waals surface area contributed by atoms with E-state index in [4.69, 9.17) is 0 Å². The number of hydrogen-bond donors (Lipinski definition) is 1. The van der Waals surface area contributed by atoms with Crippen molar-refractivity contribution in [2.75, 3.05) is 20.1 Å². The molecule has 2 nitrogen and oxygen atoms in total. The first-order chi connectivity index (χ1) is 9.57. The predicted molar refractivity (Wildman–Crippen MR) is 64.6 cm³/mol. The van der Waals surface area contributed by atoms with Gasteiger partial charge in [-0.05, 0) is 30.8 Å². The number of hydrogen-bond acceptors (Lipinski definition) is 2. The maximum atomic E-state index is 12.7. The van der Waals surface area contributed by atoms with Gasteiger partial charge in [0, 0.05) is 25.7 Å². The molecule has 0 saturated carbocycles. The topological polar surface area (TPSA) is 15.3 Å². The molecule has 1 aromatic rings. The maximum absolute atomic E-state index is 12.7. The van der Waals surface area contributed by atoms with E-state index in [-0.39, 0.29) is 24.2 Å². The van der Waals surface area contributed by atoms with Crippen LogP contribution in [0.15, 0.2) is 18.2 Å². The predicted octanol–water partition coefficient (Wildman–Crippen LogP) is 3.13. The van der Waals surface area contributed by atoms with Gasteiger partial charge in [-0.1, -0.05) is 0 Å². The first-order valence-electron chi connectivity index (χ1n) is 6.26. The summed E-state index contributed by atoms with van der Waals surface area (Å²) in [5.74, 6) is 0. The van der Waals surface area contributed by atoms with Gasteiger partial charge in [-0.25, -0.2) is 0 Å². The van der Waals surface area contributed by atoms with Crippen molar-refractivity contribution in [3.05, 3.63) is 34.9 Å². The van der Waals surface area contributed by atoms with E-state index in [0.29, 0.717) is 13.1 Å². The first kappa shape index (κ1) is 16.1. The third kappa shape index (κ3) is 3.88. The SMILES string of the molecule is CN(Cc1cc(C(F)(F)F)cc(C(F)(F)F)c1)C1CNC1. The third-order valence-corrected chi connectivity index (χ3v) is 3.46. The summed E-state index contributed by atoms with van der Waals surface area (Å²) >= 11 is 0. The number of nitrogens with zero attached hydrogens (tertiary/aromatic N) is 1. The van der Waals surface area contributed by atoms with E-state index in [0.717, 1.165) is 12.1 Å². The molecule has 0 atom stereocenters. The minimum Gasteiger partial charge on any atom is -0.314 e. The zero-order valence-corrected chi connectivity index (χ0v) is 11.1. The lowest BCUT2D eigenvalue weighted by molar-refractivity contribution is -0.143. The largest absolute Gasteiger partial charge is 0.416 e. The summed E-state index contributed by atoms with van der Waals surface area (Å²) in [6.45, 7) is 1.41. The van der Waals surface area contributed by atoms with Crippen LogP contribution in [0.5, 0.6) is 0 Å². The van der Waals surface area contributed by atoms with E-state index in [1.165, 1.54) is 0 Å². The van der Waals surface area contributed by atoms with Crippen molar-refractivity contribution in [3.8, 4) is 0 Å². The summed E-state index contributed by atoms with van der Waals surface area (Å²) in [5.41, 5.74) is -2.54. The Bertz CT molecular complexity index is 472. The molecule has 1 heterocycles. The molecular weight excluding hydrogens is 298 g/mol. The molecule has 0 bridgehead atoms. The molecule has 21 heavy (non-hydrogen) atoms. The molecule has 1 N–H and O–H groups in total. The molecule has 0 amide bonds. The van der Waals surface area contributed by atoms with Crippen molar-refractivity contribution in [1.82, 2.24) is 10.2 Å². The second-order valence-electron chi connectivity index (χ2n) is 5.14. The van der Waals surface area contributed by atoms with Gasteiger partial charge in [0.1, 0.15) is 0 Å². The molecule has 1 aliphatic rings. The molecule has 0 spiro atoms. The van der Waals surface area contributed by atoms with Crippen LogP contribution in [0, 0.1) is 0 Å². The van der Waals surface area contributed by atoms with Crippen molar-refractivity contribution in [3.63, 3.8) is 0 Å². The molecule has 0 aliphatic carbocycles. The lowest BCUT2D eigenvalue weighted by Crippen LogP contribution is -2.55.